The minimum absolute atomic E-state index is 0.0449. The number of piperidine rings is 1. The Labute approximate surface area is 192 Å². The van der Waals surface area contributed by atoms with Crippen molar-refractivity contribution in [2.45, 2.75) is 50.7 Å². The van der Waals surface area contributed by atoms with Gasteiger partial charge in [-0.3, -0.25) is 9.59 Å². The van der Waals surface area contributed by atoms with Crippen molar-refractivity contribution in [1.82, 2.24) is 14.3 Å². The van der Waals surface area contributed by atoms with Crippen LogP contribution in [0.15, 0.2) is 53.4 Å². The van der Waals surface area contributed by atoms with Crippen LogP contribution in [-0.4, -0.2) is 47.0 Å². The highest BCUT2D eigenvalue weighted by molar-refractivity contribution is 7.89. The van der Waals surface area contributed by atoms with Crippen LogP contribution in [0.5, 0.6) is 0 Å². The molecule has 1 aliphatic heterocycles. The van der Waals surface area contributed by atoms with Crippen molar-refractivity contribution >= 4 is 32.8 Å². The standard InChI is InChI=1S/C24H25N3O5S/c1-16-22(26-21-8-4-3-7-20(21)25-16)15-32-24(29)23-9-5-6-14-27(23)33(30,31)19-12-10-18(11-13-19)17(2)28/h3-4,7-8,10-13,23H,5-6,9,14-15H2,1-2H3/t23-/m1/s1. The summed E-state index contributed by atoms with van der Waals surface area (Å²) in [6, 6.07) is 12.3. The van der Waals surface area contributed by atoms with Crippen molar-refractivity contribution in [2.75, 3.05) is 6.54 Å². The lowest BCUT2D eigenvalue weighted by atomic mass is 10.1. The number of para-hydroxylation sites is 2. The summed E-state index contributed by atoms with van der Waals surface area (Å²) in [5.41, 5.74) is 3.07. The van der Waals surface area contributed by atoms with Crippen molar-refractivity contribution in [2.24, 2.45) is 0 Å². The van der Waals surface area contributed by atoms with Crippen molar-refractivity contribution in [3.05, 3.63) is 65.5 Å². The molecule has 0 unspecified atom stereocenters. The molecule has 2 aromatic carbocycles. The summed E-state index contributed by atoms with van der Waals surface area (Å²) in [4.78, 5) is 33.5. The monoisotopic (exact) mass is 467 g/mol. The van der Waals surface area contributed by atoms with Crippen LogP contribution in [0, 0.1) is 6.92 Å². The number of ketones is 1. The predicted octanol–water partition coefficient (Wildman–Crippen LogP) is 3.43. The van der Waals surface area contributed by atoms with Gasteiger partial charge in [0.05, 0.1) is 27.3 Å². The van der Waals surface area contributed by atoms with Crippen molar-refractivity contribution in [3.63, 3.8) is 0 Å². The SMILES string of the molecule is CC(=O)c1ccc(S(=O)(=O)N2CCCC[C@@H]2C(=O)OCc2nc3ccccc3nc2C)cc1. The smallest absolute Gasteiger partial charge is 0.324 e. The number of Topliss-reactive ketones (excluding diaryl/α,β-unsaturated/α-hetero) is 1. The number of carbonyl (C=O) groups excluding carboxylic acids is 2. The molecule has 3 aromatic rings. The first-order chi connectivity index (χ1) is 15.8. The number of rotatable bonds is 6. The lowest BCUT2D eigenvalue weighted by Crippen LogP contribution is -2.48. The Balaban J connectivity index is 1.52. The van der Waals surface area contributed by atoms with E-state index in [4.69, 9.17) is 4.74 Å². The van der Waals surface area contributed by atoms with E-state index < -0.39 is 22.0 Å². The molecule has 0 aliphatic carbocycles. The Morgan fingerprint density at radius 3 is 2.36 bits per heavy atom. The van der Waals surface area contributed by atoms with E-state index >= 15 is 0 Å². The predicted molar refractivity (Wildman–Crippen MR) is 122 cm³/mol. The zero-order valence-electron chi connectivity index (χ0n) is 18.5. The Kier molecular flexibility index (Phi) is 6.53. The average Bonchev–Trinajstić information content (AvgIpc) is 2.82. The van der Waals surface area contributed by atoms with Gasteiger partial charge >= 0.3 is 5.97 Å². The van der Waals surface area contributed by atoms with Crippen molar-refractivity contribution in [1.29, 1.82) is 0 Å². The largest absolute Gasteiger partial charge is 0.458 e. The normalized spacial score (nSPS) is 17.1. The van der Waals surface area contributed by atoms with Crippen LogP contribution in [0.4, 0.5) is 0 Å². The molecule has 0 bridgehead atoms. The van der Waals surface area contributed by atoms with Crippen molar-refractivity contribution < 1.29 is 22.7 Å². The summed E-state index contributed by atoms with van der Waals surface area (Å²) >= 11 is 0. The first-order valence-corrected chi connectivity index (χ1v) is 12.2. The molecule has 33 heavy (non-hydrogen) atoms. The highest BCUT2D eigenvalue weighted by Gasteiger charge is 2.38. The Morgan fingerprint density at radius 1 is 1.03 bits per heavy atom. The zero-order valence-corrected chi connectivity index (χ0v) is 19.3. The first-order valence-electron chi connectivity index (χ1n) is 10.8. The lowest BCUT2D eigenvalue weighted by Gasteiger charge is -2.33. The van der Waals surface area contributed by atoms with Crippen LogP contribution in [0.2, 0.25) is 0 Å². The summed E-state index contributed by atoms with van der Waals surface area (Å²) in [7, 11) is -3.93. The molecule has 8 nitrogen and oxygen atoms in total. The molecule has 2 heterocycles. The second kappa shape index (κ2) is 9.36. The minimum atomic E-state index is -3.93. The van der Waals surface area contributed by atoms with E-state index in [1.165, 1.54) is 35.5 Å². The van der Waals surface area contributed by atoms with E-state index in [1.54, 1.807) is 6.92 Å². The third kappa shape index (κ3) is 4.79. The van der Waals surface area contributed by atoms with Crippen LogP contribution in [0.1, 0.15) is 47.9 Å². The fourth-order valence-electron chi connectivity index (χ4n) is 3.92. The van der Waals surface area contributed by atoms with Crippen LogP contribution in [-0.2, 0) is 26.2 Å². The second-order valence-electron chi connectivity index (χ2n) is 8.06. The lowest BCUT2D eigenvalue weighted by molar-refractivity contribution is -0.150. The number of hydrogen-bond acceptors (Lipinski definition) is 7. The maximum atomic E-state index is 13.3. The Bertz CT molecular complexity index is 1310. The minimum Gasteiger partial charge on any atom is -0.458 e. The van der Waals surface area contributed by atoms with Gasteiger partial charge in [0, 0.05) is 12.1 Å². The van der Waals surface area contributed by atoms with Crippen molar-refractivity contribution in [3.8, 4) is 0 Å². The molecule has 1 atom stereocenters. The van der Waals surface area contributed by atoms with Gasteiger partial charge in [-0.2, -0.15) is 4.31 Å². The molecule has 0 saturated carbocycles. The van der Waals surface area contributed by atoms with E-state index in [9.17, 15) is 18.0 Å². The third-order valence-corrected chi connectivity index (χ3v) is 7.71. The molecule has 0 amide bonds. The molecule has 0 spiro atoms. The summed E-state index contributed by atoms with van der Waals surface area (Å²) in [5.74, 6) is -0.751. The molecular formula is C24H25N3O5S. The molecule has 1 fully saturated rings. The molecule has 9 heteroatoms. The van der Waals surface area contributed by atoms with Gasteiger partial charge in [0.2, 0.25) is 10.0 Å². The fourth-order valence-corrected chi connectivity index (χ4v) is 5.57. The summed E-state index contributed by atoms with van der Waals surface area (Å²) in [5, 5.41) is 0. The topological polar surface area (TPSA) is 107 Å². The molecule has 1 aliphatic rings. The number of ether oxygens (including phenoxy) is 1. The quantitative estimate of drug-likeness (QED) is 0.404. The zero-order chi connectivity index (χ0) is 23.6. The highest BCUT2D eigenvalue weighted by Crippen LogP contribution is 2.27. The molecule has 0 N–H and O–H groups in total. The van der Waals surface area contributed by atoms with E-state index in [2.05, 4.69) is 9.97 Å². The second-order valence-corrected chi connectivity index (χ2v) is 9.95. The third-order valence-electron chi connectivity index (χ3n) is 5.79. The number of carbonyl (C=O) groups is 2. The molecular weight excluding hydrogens is 442 g/mol. The maximum absolute atomic E-state index is 13.3. The van der Waals surface area contributed by atoms with E-state index in [0.717, 1.165) is 11.9 Å². The summed E-state index contributed by atoms with van der Waals surface area (Å²) < 4.78 is 33.3. The Morgan fingerprint density at radius 2 is 1.70 bits per heavy atom. The van der Waals surface area contributed by atoms with Crippen LogP contribution >= 0.6 is 0 Å². The van der Waals surface area contributed by atoms with Gasteiger partial charge in [-0.25, -0.2) is 18.4 Å². The molecule has 4 rings (SSSR count). The molecule has 1 saturated heterocycles. The number of benzene rings is 2. The molecule has 172 valence electrons. The average molecular weight is 468 g/mol. The van der Waals surface area contributed by atoms with Gasteiger partial charge in [0.25, 0.3) is 0 Å². The van der Waals surface area contributed by atoms with E-state index in [1.807, 2.05) is 24.3 Å². The number of hydrogen-bond donors (Lipinski definition) is 0. The van der Waals surface area contributed by atoms with Crippen LogP contribution < -0.4 is 0 Å². The van der Waals surface area contributed by atoms with Gasteiger partial charge in [-0.15, -0.1) is 0 Å². The van der Waals surface area contributed by atoms with E-state index in [-0.39, 0.29) is 23.8 Å². The van der Waals surface area contributed by atoms with Gasteiger partial charge in [0.15, 0.2) is 5.78 Å². The number of fused-ring (bicyclic) bond motifs is 1. The number of nitrogens with zero attached hydrogens (tertiary/aromatic N) is 3. The van der Waals surface area contributed by atoms with E-state index in [0.29, 0.717) is 35.3 Å². The Hall–Kier alpha value is -3.17. The van der Waals surface area contributed by atoms with Crippen LogP contribution in [0.3, 0.4) is 0 Å². The molecule has 1 aromatic heterocycles. The number of aryl methyl sites for hydroxylation is 1. The summed E-state index contributed by atoms with van der Waals surface area (Å²) in [6.45, 7) is 3.36. The van der Waals surface area contributed by atoms with Gasteiger partial charge < -0.3 is 4.74 Å². The van der Waals surface area contributed by atoms with Gasteiger partial charge in [-0.05, 0) is 57.4 Å². The summed E-state index contributed by atoms with van der Waals surface area (Å²) in [6.07, 6.45) is 1.76. The van der Waals surface area contributed by atoms with Gasteiger partial charge in [-0.1, -0.05) is 24.3 Å². The van der Waals surface area contributed by atoms with Gasteiger partial charge in [0.1, 0.15) is 12.6 Å². The maximum Gasteiger partial charge on any atom is 0.324 e. The number of sulfonamides is 1. The number of esters is 1. The van der Waals surface area contributed by atoms with Crippen LogP contribution in [0.25, 0.3) is 11.0 Å². The highest BCUT2D eigenvalue weighted by atomic mass is 32.2. The number of aromatic nitrogens is 2. The fraction of sp³-hybridized carbons (Fsp3) is 0.333. The first kappa shape index (κ1) is 23.0. The molecule has 0 radical (unpaired) electrons.